The van der Waals surface area contributed by atoms with Gasteiger partial charge in [0.15, 0.2) is 6.29 Å². The van der Waals surface area contributed by atoms with Crippen LogP contribution < -0.4 is 16.0 Å². The quantitative estimate of drug-likeness (QED) is 0.487. The fraction of sp³-hybridized carbons (Fsp3) is 0.286. The summed E-state index contributed by atoms with van der Waals surface area (Å²) >= 11 is 3.22. The molecule has 3 aromatic rings. The Balaban J connectivity index is 1.48. The van der Waals surface area contributed by atoms with Crippen molar-refractivity contribution in [3.8, 4) is 10.6 Å². The van der Waals surface area contributed by atoms with E-state index in [4.69, 9.17) is 0 Å². The van der Waals surface area contributed by atoms with E-state index in [1.165, 1.54) is 0 Å². The Hall–Kier alpha value is -2.62. The van der Waals surface area contributed by atoms with Gasteiger partial charge >= 0.3 is 0 Å². The minimum atomic E-state index is -0.510. The molecule has 2 aromatic heterocycles. The molecule has 1 aliphatic rings. The molecular weight excluding hydrogens is 418 g/mol. The third-order valence-corrected chi connectivity index (χ3v) is 6.50. The van der Waals surface area contributed by atoms with Crippen LogP contribution in [0.3, 0.4) is 0 Å². The normalized spacial score (nSPS) is 18.8. The standard InChI is InChI=1S/C21H23N5O2S2/c1-14-12-20(28)24-21(22-14)26-18(13-16(25-26)17-8-5-10-30-17)23-19(27)9-11-29-15-6-3-2-4-7-15/h2-8,10,13-14,21-22H,9,11-12H2,1H3,(H,23,27)(H,24,28). The Morgan fingerprint density at radius 2 is 2.13 bits per heavy atom. The first-order valence-electron chi connectivity index (χ1n) is 9.75. The number of hydrogen-bond donors (Lipinski definition) is 3. The lowest BCUT2D eigenvalue weighted by molar-refractivity contribution is -0.125. The van der Waals surface area contributed by atoms with E-state index in [0.29, 0.717) is 24.4 Å². The molecule has 0 bridgehead atoms. The maximum absolute atomic E-state index is 12.6. The van der Waals surface area contributed by atoms with E-state index in [1.54, 1.807) is 27.8 Å². The van der Waals surface area contributed by atoms with E-state index in [2.05, 4.69) is 21.0 Å². The number of thioether (sulfide) groups is 1. The van der Waals surface area contributed by atoms with Gasteiger partial charge < -0.3 is 10.6 Å². The number of hydrogen-bond acceptors (Lipinski definition) is 6. The topological polar surface area (TPSA) is 88.1 Å². The summed E-state index contributed by atoms with van der Waals surface area (Å²) < 4.78 is 1.64. The Kier molecular flexibility index (Phi) is 6.51. The van der Waals surface area contributed by atoms with Gasteiger partial charge in [0.25, 0.3) is 0 Å². The molecule has 1 fully saturated rings. The third kappa shape index (κ3) is 5.10. The molecular formula is C21H23N5O2S2. The number of nitrogens with zero attached hydrogens (tertiary/aromatic N) is 2. The van der Waals surface area contributed by atoms with Crippen LogP contribution >= 0.6 is 23.1 Å². The summed E-state index contributed by atoms with van der Waals surface area (Å²) in [5.74, 6) is 1.10. The number of amides is 2. The van der Waals surface area contributed by atoms with E-state index >= 15 is 0 Å². The zero-order valence-corrected chi connectivity index (χ0v) is 18.1. The van der Waals surface area contributed by atoms with E-state index in [1.807, 2.05) is 60.8 Å². The number of benzene rings is 1. The number of rotatable bonds is 7. The Morgan fingerprint density at radius 3 is 2.87 bits per heavy atom. The lowest BCUT2D eigenvalue weighted by Gasteiger charge is -2.30. The van der Waals surface area contributed by atoms with Crippen LogP contribution in [0, 0.1) is 0 Å². The molecule has 4 rings (SSSR count). The average molecular weight is 442 g/mol. The van der Waals surface area contributed by atoms with Gasteiger partial charge in [-0.1, -0.05) is 24.3 Å². The number of aromatic nitrogens is 2. The molecule has 1 saturated heterocycles. The van der Waals surface area contributed by atoms with Crippen LogP contribution in [0.1, 0.15) is 26.1 Å². The van der Waals surface area contributed by atoms with E-state index in [-0.39, 0.29) is 17.9 Å². The Bertz CT molecular complexity index is 1000. The zero-order chi connectivity index (χ0) is 20.9. The second-order valence-electron chi connectivity index (χ2n) is 7.04. The second kappa shape index (κ2) is 9.46. The van der Waals surface area contributed by atoms with Gasteiger partial charge in [0.2, 0.25) is 11.8 Å². The summed E-state index contributed by atoms with van der Waals surface area (Å²) in [5.41, 5.74) is 0.758. The molecule has 3 heterocycles. The Morgan fingerprint density at radius 1 is 1.30 bits per heavy atom. The molecule has 2 atom stereocenters. The predicted molar refractivity (Wildman–Crippen MR) is 120 cm³/mol. The van der Waals surface area contributed by atoms with Gasteiger partial charge in [0.1, 0.15) is 11.5 Å². The summed E-state index contributed by atoms with van der Waals surface area (Å²) in [6.45, 7) is 1.95. The van der Waals surface area contributed by atoms with Gasteiger partial charge in [0.05, 0.1) is 4.88 Å². The maximum atomic E-state index is 12.6. The monoisotopic (exact) mass is 441 g/mol. The van der Waals surface area contributed by atoms with Crippen molar-refractivity contribution < 1.29 is 9.59 Å². The highest BCUT2D eigenvalue weighted by Gasteiger charge is 2.27. The van der Waals surface area contributed by atoms with Gasteiger partial charge in [-0.2, -0.15) is 5.10 Å². The molecule has 1 aromatic carbocycles. The molecule has 30 heavy (non-hydrogen) atoms. The van der Waals surface area contributed by atoms with Gasteiger partial charge in [-0.15, -0.1) is 23.1 Å². The van der Waals surface area contributed by atoms with Crippen LogP contribution in [0.15, 0.2) is 58.8 Å². The number of nitrogens with one attached hydrogen (secondary N) is 3. The molecule has 3 N–H and O–H groups in total. The lowest BCUT2D eigenvalue weighted by Crippen LogP contribution is -2.52. The molecule has 1 aliphatic heterocycles. The first-order chi connectivity index (χ1) is 14.6. The Labute approximate surface area is 183 Å². The highest BCUT2D eigenvalue weighted by atomic mass is 32.2. The molecule has 0 radical (unpaired) electrons. The minimum absolute atomic E-state index is 0.0176. The average Bonchev–Trinajstić information content (AvgIpc) is 3.38. The number of anilines is 1. The zero-order valence-electron chi connectivity index (χ0n) is 16.5. The summed E-state index contributed by atoms with van der Waals surface area (Å²) in [6.07, 6.45) is 0.275. The van der Waals surface area contributed by atoms with Crippen molar-refractivity contribution in [1.82, 2.24) is 20.4 Å². The fourth-order valence-corrected chi connectivity index (χ4v) is 4.76. The second-order valence-corrected chi connectivity index (χ2v) is 9.15. The fourth-order valence-electron chi connectivity index (χ4n) is 3.20. The van der Waals surface area contributed by atoms with Gasteiger partial charge in [-0.25, -0.2) is 4.68 Å². The predicted octanol–water partition coefficient (Wildman–Crippen LogP) is 3.69. The van der Waals surface area contributed by atoms with E-state index in [9.17, 15) is 9.59 Å². The number of carbonyl (C=O) groups is 2. The number of thiophene rings is 1. The SMILES string of the molecule is CC1CC(=O)NC(n2nc(-c3cccs3)cc2NC(=O)CCSc2ccccc2)N1. The maximum Gasteiger partial charge on any atom is 0.226 e. The van der Waals surface area contributed by atoms with Gasteiger partial charge in [-0.05, 0) is 30.5 Å². The molecule has 9 heteroatoms. The van der Waals surface area contributed by atoms with Gasteiger partial charge in [0, 0.05) is 35.6 Å². The lowest BCUT2D eigenvalue weighted by atomic mass is 10.2. The molecule has 156 valence electrons. The van der Waals surface area contributed by atoms with Crippen LogP contribution in [-0.4, -0.2) is 33.4 Å². The molecule has 2 unspecified atom stereocenters. The largest absolute Gasteiger partial charge is 0.322 e. The first-order valence-corrected chi connectivity index (χ1v) is 11.6. The van der Waals surface area contributed by atoms with Gasteiger partial charge in [-0.3, -0.25) is 14.9 Å². The highest BCUT2D eigenvalue weighted by Crippen LogP contribution is 2.28. The van der Waals surface area contributed by atoms with Crippen molar-refractivity contribution >= 4 is 40.7 Å². The molecule has 0 aliphatic carbocycles. The molecule has 7 nitrogen and oxygen atoms in total. The summed E-state index contributed by atoms with van der Waals surface area (Å²) in [4.78, 5) is 26.7. The first kappa shape index (κ1) is 20.6. The number of carbonyl (C=O) groups excluding carboxylic acids is 2. The minimum Gasteiger partial charge on any atom is -0.322 e. The van der Waals surface area contributed by atoms with Crippen molar-refractivity contribution in [3.63, 3.8) is 0 Å². The van der Waals surface area contributed by atoms with Crippen molar-refractivity contribution in [2.24, 2.45) is 0 Å². The van der Waals surface area contributed by atoms with E-state index < -0.39 is 6.29 Å². The summed E-state index contributed by atoms with van der Waals surface area (Å²) in [5, 5.41) is 15.8. The van der Waals surface area contributed by atoms with Crippen LogP contribution in [0.25, 0.3) is 10.6 Å². The van der Waals surface area contributed by atoms with Crippen LogP contribution in [0.2, 0.25) is 0 Å². The van der Waals surface area contributed by atoms with Crippen molar-refractivity contribution in [1.29, 1.82) is 0 Å². The summed E-state index contributed by atoms with van der Waals surface area (Å²) in [7, 11) is 0. The highest BCUT2D eigenvalue weighted by molar-refractivity contribution is 7.99. The molecule has 0 saturated carbocycles. The summed E-state index contributed by atoms with van der Waals surface area (Å²) in [6, 6.07) is 15.8. The van der Waals surface area contributed by atoms with Crippen molar-refractivity contribution in [2.45, 2.75) is 37.0 Å². The third-order valence-electron chi connectivity index (χ3n) is 4.59. The van der Waals surface area contributed by atoms with Crippen LogP contribution in [0.4, 0.5) is 5.82 Å². The van der Waals surface area contributed by atoms with Crippen molar-refractivity contribution in [3.05, 3.63) is 53.9 Å². The smallest absolute Gasteiger partial charge is 0.226 e. The molecule has 0 spiro atoms. The van der Waals surface area contributed by atoms with Crippen molar-refractivity contribution in [2.75, 3.05) is 11.1 Å². The van der Waals surface area contributed by atoms with Crippen LogP contribution in [0.5, 0.6) is 0 Å². The van der Waals surface area contributed by atoms with Crippen LogP contribution in [-0.2, 0) is 9.59 Å². The van der Waals surface area contributed by atoms with E-state index in [0.717, 1.165) is 15.5 Å². The molecule has 2 amide bonds.